The number of fused-ring (bicyclic) bond motifs is 1. The standard InChI is InChI=1S/C19H25NO2S/c21-19-18(8-11-20(19)15-9-12-22-13-10-15)23-17-7-3-5-14-4-1-2-6-16(14)17/h1-2,4,6,15,17-18H,3,5,7-13H2/t17-,18-/m0/s1. The monoisotopic (exact) mass is 331 g/mol. The van der Waals surface area contributed by atoms with Gasteiger partial charge >= 0.3 is 0 Å². The number of amides is 1. The number of thioether (sulfide) groups is 1. The Morgan fingerprint density at radius 3 is 2.74 bits per heavy atom. The van der Waals surface area contributed by atoms with Gasteiger partial charge in [0.15, 0.2) is 0 Å². The van der Waals surface area contributed by atoms with Crippen LogP contribution in [0.1, 0.15) is 48.5 Å². The van der Waals surface area contributed by atoms with Gasteiger partial charge in [0.25, 0.3) is 0 Å². The Labute approximate surface area is 142 Å². The number of rotatable bonds is 3. The Bertz CT molecular complexity index is 570. The maximum absolute atomic E-state index is 12.9. The van der Waals surface area contributed by atoms with Gasteiger partial charge in [-0.3, -0.25) is 4.79 Å². The van der Waals surface area contributed by atoms with Crippen molar-refractivity contribution < 1.29 is 9.53 Å². The summed E-state index contributed by atoms with van der Waals surface area (Å²) >= 11 is 1.92. The van der Waals surface area contributed by atoms with Gasteiger partial charge in [-0.15, -0.1) is 11.8 Å². The van der Waals surface area contributed by atoms with Gasteiger partial charge in [-0.1, -0.05) is 24.3 Å². The van der Waals surface area contributed by atoms with E-state index in [1.54, 1.807) is 0 Å². The average molecular weight is 331 g/mol. The SMILES string of the molecule is O=C1[C@@H](S[C@H]2CCCc3ccccc32)CCN1C1CCOCC1. The summed E-state index contributed by atoms with van der Waals surface area (Å²) in [5.41, 5.74) is 2.96. The molecule has 0 spiro atoms. The molecule has 0 N–H and O–H groups in total. The lowest BCUT2D eigenvalue weighted by molar-refractivity contribution is -0.130. The highest BCUT2D eigenvalue weighted by Gasteiger charge is 2.38. The molecule has 2 aliphatic heterocycles. The predicted molar refractivity (Wildman–Crippen MR) is 93.7 cm³/mol. The van der Waals surface area contributed by atoms with E-state index < -0.39 is 0 Å². The van der Waals surface area contributed by atoms with Crippen LogP contribution in [0, 0.1) is 0 Å². The normalized spacial score (nSPS) is 28.9. The summed E-state index contributed by atoms with van der Waals surface area (Å²) in [4.78, 5) is 15.0. The Balaban J connectivity index is 1.43. The molecule has 1 aromatic carbocycles. The molecule has 1 aliphatic carbocycles. The Hall–Kier alpha value is -1.00. The van der Waals surface area contributed by atoms with Crippen LogP contribution in [0.25, 0.3) is 0 Å². The van der Waals surface area contributed by atoms with Crippen molar-refractivity contribution in [3.63, 3.8) is 0 Å². The number of carbonyl (C=O) groups is 1. The molecule has 1 aromatic rings. The third kappa shape index (κ3) is 3.16. The van der Waals surface area contributed by atoms with Gasteiger partial charge < -0.3 is 9.64 Å². The lowest BCUT2D eigenvalue weighted by Gasteiger charge is -2.31. The molecule has 2 atom stereocenters. The van der Waals surface area contributed by atoms with Gasteiger partial charge in [0.2, 0.25) is 5.91 Å². The second-order valence-electron chi connectivity index (χ2n) is 6.87. The Morgan fingerprint density at radius 2 is 1.87 bits per heavy atom. The minimum atomic E-state index is 0.161. The van der Waals surface area contributed by atoms with Crippen LogP contribution >= 0.6 is 11.8 Å². The second-order valence-corrected chi connectivity index (χ2v) is 8.28. The van der Waals surface area contributed by atoms with Crippen molar-refractivity contribution in [1.29, 1.82) is 0 Å². The van der Waals surface area contributed by atoms with E-state index in [1.807, 2.05) is 11.8 Å². The summed E-state index contributed by atoms with van der Waals surface area (Å²) in [6.07, 6.45) is 6.69. The molecule has 0 aromatic heterocycles. The summed E-state index contributed by atoms with van der Waals surface area (Å²) in [5, 5.41) is 0.664. The zero-order chi connectivity index (χ0) is 15.6. The molecule has 124 valence electrons. The predicted octanol–water partition coefficient (Wildman–Crippen LogP) is 3.58. The molecule has 4 rings (SSSR count). The minimum absolute atomic E-state index is 0.161. The number of carbonyl (C=O) groups excluding carboxylic acids is 1. The zero-order valence-corrected chi connectivity index (χ0v) is 14.4. The van der Waals surface area contributed by atoms with Crippen molar-refractivity contribution in [3.8, 4) is 0 Å². The van der Waals surface area contributed by atoms with E-state index in [2.05, 4.69) is 29.2 Å². The van der Waals surface area contributed by atoms with Gasteiger partial charge in [-0.25, -0.2) is 0 Å². The van der Waals surface area contributed by atoms with Crippen LogP contribution in [-0.4, -0.2) is 41.9 Å². The summed E-state index contributed by atoms with van der Waals surface area (Å²) < 4.78 is 5.44. The number of hydrogen-bond acceptors (Lipinski definition) is 3. The maximum atomic E-state index is 12.9. The van der Waals surface area contributed by atoms with E-state index in [9.17, 15) is 4.79 Å². The van der Waals surface area contributed by atoms with Crippen LogP contribution in [0.5, 0.6) is 0 Å². The fraction of sp³-hybridized carbons (Fsp3) is 0.632. The van der Waals surface area contributed by atoms with Crippen molar-refractivity contribution in [1.82, 2.24) is 4.90 Å². The molecule has 3 aliphatic rings. The van der Waals surface area contributed by atoms with E-state index in [-0.39, 0.29) is 5.25 Å². The van der Waals surface area contributed by atoms with Crippen molar-refractivity contribution in [3.05, 3.63) is 35.4 Å². The highest BCUT2D eigenvalue weighted by molar-refractivity contribution is 8.00. The van der Waals surface area contributed by atoms with Crippen LogP contribution in [0.2, 0.25) is 0 Å². The number of hydrogen-bond donors (Lipinski definition) is 0. The van der Waals surface area contributed by atoms with Crippen molar-refractivity contribution >= 4 is 17.7 Å². The molecular weight excluding hydrogens is 306 g/mol. The third-order valence-electron chi connectivity index (χ3n) is 5.47. The molecule has 2 heterocycles. The van der Waals surface area contributed by atoms with Crippen LogP contribution < -0.4 is 0 Å². The van der Waals surface area contributed by atoms with E-state index in [1.165, 1.54) is 30.4 Å². The molecule has 4 heteroatoms. The maximum Gasteiger partial charge on any atom is 0.236 e. The molecule has 0 unspecified atom stereocenters. The number of benzene rings is 1. The van der Waals surface area contributed by atoms with Crippen LogP contribution in [-0.2, 0) is 16.0 Å². The number of likely N-dealkylation sites (tertiary alicyclic amines) is 1. The molecule has 2 saturated heterocycles. The van der Waals surface area contributed by atoms with Crippen molar-refractivity contribution in [2.45, 2.75) is 55.1 Å². The topological polar surface area (TPSA) is 29.5 Å². The van der Waals surface area contributed by atoms with Gasteiger partial charge in [0.05, 0.1) is 5.25 Å². The quantitative estimate of drug-likeness (QED) is 0.848. The first kappa shape index (κ1) is 15.5. The molecule has 0 bridgehead atoms. The van der Waals surface area contributed by atoms with Gasteiger partial charge in [0.1, 0.15) is 0 Å². The van der Waals surface area contributed by atoms with Crippen molar-refractivity contribution in [2.75, 3.05) is 19.8 Å². The molecule has 23 heavy (non-hydrogen) atoms. The molecule has 1 amide bonds. The van der Waals surface area contributed by atoms with E-state index in [0.29, 0.717) is 17.2 Å². The second kappa shape index (κ2) is 6.86. The lowest BCUT2D eigenvalue weighted by atomic mass is 9.91. The Morgan fingerprint density at radius 1 is 1.04 bits per heavy atom. The van der Waals surface area contributed by atoms with Gasteiger partial charge in [-0.05, 0) is 49.7 Å². The summed E-state index contributed by atoms with van der Waals surface area (Å²) in [5.74, 6) is 0.380. The third-order valence-corrected chi connectivity index (χ3v) is 7.05. The first-order valence-electron chi connectivity index (χ1n) is 8.94. The highest BCUT2D eigenvalue weighted by atomic mass is 32.2. The average Bonchev–Trinajstić information content (AvgIpc) is 2.97. The smallest absolute Gasteiger partial charge is 0.236 e. The van der Waals surface area contributed by atoms with Crippen molar-refractivity contribution in [2.24, 2.45) is 0 Å². The first-order valence-corrected chi connectivity index (χ1v) is 9.88. The molecule has 0 saturated carbocycles. The minimum Gasteiger partial charge on any atom is -0.381 e. The fourth-order valence-corrected chi connectivity index (χ4v) is 5.78. The Kier molecular flexibility index (Phi) is 4.63. The van der Waals surface area contributed by atoms with E-state index >= 15 is 0 Å². The summed E-state index contributed by atoms with van der Waals surface area (Å²) in [7, 11) is 0. The number of nitrogens with zero attached hydrogens (tertiary/aromatic N) is 1. The van der Waals surface area contributed by atoms with E-state index in [0.717, 1.165) is 39.0 Å². The summed E-state index contributed by atoms with van der Waals surface area (Å²) in [6, 6.07) is 9.22. The molecular formula is C19H25NO2S. The fourth-order valence-electron chi connectivity index (χ4n) is 4.21. The zero-order valence-electron chi connectivity index (χ0n) is 13.6. The molecule has 2 fully saturated rings. The first-order chi connectivity index (χ1) is 11.3. The van der Waals surface area contributed by atoms with Crippen LogP contribution in [0.15, 0.2) is 24.3 Å². The molecule has 0 radical (unpaired) electrons. The number of aryl methyl sites for hydroxylation is 1. The van der Waals surface area contributed by atoms with Gasteiger partial charge in [0, 0.05) is 31.1 Å². The largest absolute Gasteiger partial charge is 0.381 e. The molecule has 3 nitrogen and oxygen atoms in total. The van der Waals surface area contributed by atoms with E-state index in [4.69, 9.17) is 4.74 Å². The van der Waals surface area contributed by atoms with Gasteiger partial charge in [-0.2, -0.15) is 0 Å². The van der Waals surface area contributed by atoms with Crippen LogP contribution in [0.3, 0.4) is 0 Å². The summed E-state index contributed by atoms with van der Waals surface area (Å²) in [6.45, 7) is 2.56. The number of ether oxygens (including phenoxy) is 1. The highest BCUT2D eigenvalue weighted by Crippen LogP contribution is 2.44. The van der Waals surface area contributed by atoms with Crippen LogP contribution in [0.4, 0.5) is 0 Å². The lowest BCUT2D eigenvalue weighted by Crippen LogP contribution is -2.41.